The molecule has 46 heavy (non-hydrogen) atoms. The van der Waals surface area contributed by atoms with E-state index in [4.69, 9.17) is 8.92 Å². The van der Waals surface area contributed by atoms with Crippen molar-refractivity contribution in [1.82, 2.24) is 4.90 Å². The van der Waals surface area contributed by atoms with Crippen molar-refractivity contribution in [3.8, 4) is 11.5 Å². The van der Waals surface area contributed by atoms with E-state index in [0.717, 1.165) is 11.4 Å². The molecule has 9 nitrogen and oxygen atoms in total. The molecule has 0 atom stereocenters. The molecule has 0 unspecified atom stereocenters. The summed E-state index contributed by atoms with van der Waals surface area (Å²) < 4.78 is 38.0. The molecular weight excluding hydrogens is 606 g/mol. The van der Waals surface area contributed by atoms with Crippen molar-refractivity contribution in [3.63, 3.8) is 0 Å². The molecule has 0 saturated carbocycles. The number of carbonyl (C=O) groups excluding carboxylic acids is 2. The zero-order chi connectivity index (χ0) is 33.6. The quantitative estimate of drug-likeness (QED) is 0.232. The Morgan fingerprint density at radius 1 is 0.978 bits per heavy atom. The Hall–Kier alpha value is -4.18. The van der Waals surface area contributed by atoms with Gasteiger partial charge in [-0.25, -0.2) is 0 Å². The Labute approximate surface area is 270 Å². The van der Waals surface area contributed by atoms with Gasteiger partial charge in [-0.3, -0.25) is 14.4 Å². The minimum absolute atomic E-state index is 0.00418. The minimum atomic E-state index is -4.22. The van der Waals surface area contributed by atoms with Crippen LogP contribution in [0.3, 0.4) is 0 Å². The molecule has 1 heterocycles. The van der Waals surface area contributed by atoms with Gasteiger partial charge in [-0.1, -0.05) is 58.0 Å². The maximum atomic E-state index is 14.1. The molecule has 5 rings (SSSR count). The average molecular weight is 648 g/mol. The first-order chi connectivity index (χ1) is 21.6. The van der Waals surface area contributed by atoms with Crippen molar-refractivity contribution in [3.05, 3.63) is 88.8 Å². The number of carboxylic acid groups (broad SMARTS) is 1. The van der Waals surface area contributed by atoms with Crippen LogP contribution in [0.25, 0.3) is 0 Å². The highest BCUT2D eigenvalue weighted by molar-refractivity contribution is 7.87. The SMILES string of the molecule is C=CCc1cc(C2C3=C(CC(C)(C)CC3=O)N(CCC(=O)O)C3=C2C(=O)CC(C)(C)C3)cc(OC)c1OS(=O)(=O)c1ccccc1. The van der Waals surface area contributed by atoms with Crippen LogP contribution in [0.2, 0.25) is 0 Å². The molecule has 2 aromatic rings. The molecule has 0 saturated heterocycles. The van der Waals surface area contributed by atoms with Crippen LogP contribution >= 0.6 is 0 Å². The highest BCUT2D eigenvalue weighted by Gasteiger charge is 2.49. The summed E-state index contributed by atoms with van der Waals surface area (Å²) in [6, 6.07) is 11.2. The summed E-state index contributed by atoms with van der Waals surface area (Å²) in [5.74, 6) is -1.76. The summed E-state index contributed by atoms with van der Waals surface area (Å²) in [5.41, 5.74) is 2.77. The Bertz CT molecular complexity index is 1730. The van der Waals surface area contributed by atoms with Crippen molar-refractivity contribution < 1.29 is 36.8 Å². The van der Waals surface area contributed by atoms with E-state index in [1.54, 1.807) is 36.4 Å². The predicted molar refractivity (Wildman–Crippen MR) is 173 cm³/mol. The van der Waals surface area contributed by atoms with Gasteiger partial charge in [0.15, 0.2) is 23.1 Å². The highest BCUT2D eigenvalue weighted by atomic mass is 32.2. The average Bonchev–Trinajstić information content (AvgIpc) is 2.95. The van der Waals surface area contributed by atoms with Gasteiger partial charge in [-0.15, -0.1) is 6.58 Å². The summed E-state index contributed by atoms with van der Waals surface area (Å²) in [6.07, 6.45) is 3.29. The summed E-state index contributed by atoms with van der Waals surface area (Å²) in [6.45, 7) is 12.1. The van der Waals surface area contributed by atoms with Crippen LogP contribution in [-0.4, -0.2) is 49.6 Å². The number of ether oxygens (including phenoxy) is 1. The number of carboxylic acids is 1. The Kier molecular flexibility index (Phi) is 8.81. The van der Waals surface area contributed by atoms with E-state index in [9.17, 15) is 27.9 Å². The first-order valence-corrected chi connectivity index (χ1v) is 16.8. The molecular formula is C36H41NO8S. The van der Waals surface area contributed by atoms with Gasteiger partial charge < -0.3 is 18.9 Å². The van der Waals surface area contributed by atoms with Gasteiger partial charge in [0.1, 0.15) is 4.90 Å². The fourth-order valence-corrected chi connectivity index (χ4v) is 8.00. The van der Waals surface area contributed by atoms with E-state index in [2.05, 4.69) is 6.58 Å². The lowest BCUT2D eigenvalue weighted by Gasteiger charge is -2.49. The Balaban J connectivity index is 1.75. The molecule has 1 N–H and O–H groups in total. The molecule has 0 spiro atoms. The third-order valence-electron chi connectivity index (χ3n) is 8.87. The fourth-order valence-electron chi connectivity index (χ4n) is 7.01. The maximum Gasteiger partial charge on any atom is 0.339 e. The molecule has 0 radical (unpaired) electrons. The molecule has 0 aromatic heterocycles. The number of rotatable bonds is 10. The van der Waals surface area contributed by atoms with Gasteiger partial charge in [0.2, 0.25) is 0 Å². The van der Waals surface area contributed by atoms with E-state index in [-0.39, 0.29) is 71.0 Å². The van der Waals surface area contributed by atoms with Crippen molar-refractivity contribution >= 4 is 27.7 Å². The molecule has 1 aliphatic heterocycles. The van der Waals surface area contributed by atoms with Crippen LogP contribution in [0, 0.1) is 10.8 Å². The molecule has 244 valence electrons. The molecule has 0 bridgehead atoms. The number of aliphatic carboxylic acids is 1. The summed E-state index contributed by atoms with van der Waals surface area (Å²) in [4.78, 5) is 41.9. The van der Waals surface area contributed by atoms with Gasteiger partial charge >= 0.3 is 16.1 Å². The number of hydrogen-bond acceptors (Lipinski definition) is 8. The van der Waals surface area contributed by atoms with Crippen molar-refractivity contribution in [2.24, 2.45) is 10.8 Å². The van der Waals surface area contributed by atoms with E-state index in [0.29, 0.717) is 35.1 Å². The van der Waals surface area contributed by atoms with Gasteiger partial charge in [-0.2, -0.15) is 8.42 Å². The third kappa shape index (κ3) is 6.40. The summed E-state index contributed by atoms with van der Waals surface area (Å²) >= 11 is 0. The van der Waals surface area contributed by atoms with Crippen LogP contribution in [0.1, 0.15) is 76.8 Å². The molecule has 2 aliphatic carbocycles. The van der Waals surface area contributed by atoms with E-state index in [1.807, 2.05) is 32.6 Å². The molecule has 0 fully saturated rings. The number of methoxy groups -OCH3 is 1. The van der Waals surface area contributed by atoms with Gasteiger partial charge in [0.25, 0.3) is 0 Å². The lowest BCUT2D eigenvalue weighted by Crippen LogP contribution is -2.45. The van der Waals surface area contributed by atoms with E-state index >= 15 is 0 Å². The lowest BCUT2D eigenvalue weighted by molar-refractivity contribution is -0.137. The second-order valence-corrected chi connectivity index (χ2v) is 15.4. The molecule has 10 heteroatoms. The second-order valence-electron chi connectivity index (χ2n) is 13.9. The highest BCUT2D eigenvalue weighted by Crippen LogP contribution is 2.55. The van der Waals surface area contributed by atoms with E-state index in [1.165, 1.54) is 19.2 Å². The smallest absolute Gasteiger partial charge is 0.339 e. The lowest BCUT2D eigenvalue weighted by atomic mass is 9.63. The second kappa shape index (κ2) is 12.2. The topological polar surface area (TPSA) is 127 Å². The number of benzene rings is 2. The fraction of sp³-hybridized carbons (Fsp3) is 0.417. The number of hydrogen-bond donors (Lipinski definition) is 1. The monoisotopic (exact) mass is 647 g/mol. The molecule has 3 aliphatic rings. The van der Waals surface area contributed by atoms with Crippen molar-refractivity contribution in [2.45, 2.75) is 77.0 Å². The van der Waals surface area contributed by atoms with Crippen molar-refractivity contribution in [2.75, 3.05) is 13.7 Å². The van der Waals surface area contributed by atoms with Crippen LogP contribution in [0.4, 0.5) is 0 Å². The van der Waals surface area contributed by atoms with Gasteiger partial charge in [0, 0.05) is 53.4 Å². The number of ketones is 2. The largest absolute Gasteiger partial charge is 0.493 e. The van der Waals surface area contributed by atoms with Crippen LogP contribution in [0.15, 0.2) is 82.6 Å². The van der Waals surface area contributed by atoms with Gasteiger partial charge in [-0.05, 0) is 53.9 Å². The first kappa shape index (κ1) is 33.2. The summed E-state index contributed by atoms with van der Waals surface area (Å²) in [5, 5.41) is 9.62. The van der Waals surface area contributed by atoms with Crippen LogP contribution < -0.4 is 8.92 Å². The van der Waals surface area contributed by atoms with Gasteiger partial charge in [0.05, 0.1) is 13.5 Å². The molecule has 2 aromatic carbocycles. The molecule has 0 amide bonds. The predicted octanol–water partition coefficient (Wildman–Crippen LogP) is 6.35. The third-order valence-corrected chi connectivity index (χ3v) is 10.1. The van der Waals surface area contributed by atoms with Crippen molar-refractivity contribution in [1.29, 1.82) is 0 Å². The Morgan fingerprint density at radius 2 is 1.54 bits per heavy atom. The normalized spacial score (nSPS) is 19.5. The van der Waals surface area contributed by atoms with Crippen LogP contribution in [-0.2, 0) is 30.9 Å². The minimum Gasteiger partial charge on any atom is -0.493 e. The van der Waals surface area contributed by atoms with E-state index < -0.39 is 22.0 Å². The Morgan fingerprint density at radius 3 is 2.04 bits per heavy atom. The summed E-state index contributed by atoms with van der Waals surface area (Å²) in [7, 11) is -2.81. The number of Topliss-reactive ketones (excluding diaryl/α,β-unsaturated/α-hetero) is 2. The first-order valence-electron chi connectivity index (χ1n) is 15.4. The zero-order valence-corrected chi connectivity index (χ0v) is 27.8. The number of allylic oxidation sites excluding steroid dienone is 5. The number of nitrogens with zero attached hydrogens (tertiary/aromatic N) is 1. The maximum absolute atomic E-state index is 14.1. The number of carbonyl (C=O) groups is 3. The zero-order valence-electron chi connectivity index (χ0n) is 27.0. The standard InChI is InChI=1S/C36H41NO8S/c1-7-11-22-16-23(17-29(44-6)34(22)45-46(42,43)24-12-9-8-10-13-24)31-32-25(18-35(2,3)20-27(32)38)37(15-14-30(40)41)26-19-36(4,5)21-28(39)33(26)31/h7-10,12-13,16-17,31H,1,11,14-15,18-21H2,2-6H3,(H,40,41). The van der Waals surface area contributed by atoms with Crippen LogP contribution in [0.5, 0.6) is 11.5 Å².